The second-order valence-electron chi connectivity index (χ2n) is 8.67. The lowest BCUT2D eigenvalue weighted by atomic mass is 9.93. The van der Waals surface area contributed by atoms with Gasteiger partial charge >= 0.3 is 0 Å². The summed E-state index contributed by atoms with van der Waals surface area (Å²) in [4.78, 5) is 17.6. The Morgan fingerprint density at radius 3 is 2.62 bits per heavy atom. The normalized spacial score (nSPS) is 22.8. The average Bonchev–Trinajstić information content (AvgIpc) is 2.63. The van der Waals surface area contributed by atoms with Gasteiger partial charge in [-0.1, -0.05) is 26.8 Å². The number of hydrogen-bond donors (Lipinski definition) is 1. The molecule has 0 radical (unpaired) electrons. The number of carbonyl (C=O) groups excluding carboxylic acids is 1. The number of piperidine rings is 2. The van der Waals surface area contributed by atoms with E-state index in [-0.39, 0.29) is 11.7 Å². The number of hydrogen-bond acceptors (Lipinski definition) is 3. The van der Waals surface area contributed by atoms with E-state index in [0.717, 1.165) is 37.5 Å². The molecule has 3 rings (SSSR count). The Balaban J connectivity index is 1.64. The Hall–Kier alpha value is -1.55. The van der Waals surface area contributed by atoms with Crippen molar-refractivity contribution in [2.24, 2.45) is 11.8 Å². The highest BCUT2D eigenvalue weighted by Gasteiger charge is 2.28. The summed E-state index contributed by atoms with van der Waals surface area (Å²) in [7, 11) is 0. The van der Waals surface area contributed by atoms with E-state index in [9.17, 15) is 9.90 Å². The van der Waals surface area contributed by atoms with E-state index < -0.39 is 0 Å². The van der Waals surface area contributed by atoms with E-state index in [1.54, 1.807) is 6.07 Å². The summed E-state index contributed by atoms with van der Waals surface area (Å²) in [5.41, 5.74) is 1.56. The predicted molar refractivity (Wildman–Crippen MR) is 106 cm³/mol. The predicted octanol–water partition coefficient (Wildman–Crippen LogP) is 4.10. The summed E-state index contributed by atoms with van der Waals surface area (Å²) in [6.07, 6.45) is 4.86. The number of benzene rings is 1. The molecule has 144 valence electrons. The van der Waals surface area contributed by atoms with Crippen molar-refractivity contribution < 1.29 is 9.90 Å². The minimum atomic E-state index is -0.0121. The smallest absolute Gasteiger partial charge is 0.257 e. The Morgan fingerprint density at radius 2 is 1.92 bits per heavy atom. The first-order valence-corrected chi connectivity index (χ1v) is 10.3. The van der Waals surface area contributed by atoms with Crippen LogP contribution in [0.3, 0.4) is 0 Å². The Morgan fingerprint density at radius 1 is 1.19 bits per heavy atom. The molecule has 0 aromatic heterocycles. The van der Waals surface area contributed by atoms with Crippen LogP contribution in [0.2, 0.25) is 0 Å². The third-order valence-electron chi connectivity index (χ3n) is 6.12. The van der Waals surface area contributed by atoms with Crippen molar-refractivity contribution >= 4 is 5.91 Å². The standard InChI is InChI=1S/C22H34N2O2/c1-16(2)19-6-7-21(25)20(13-19)22(26)24-10-4-5-18(15-24)14-23-11-8-17(3)9-12-23/h6-7,13,16-18,25H,4-5,8-12,14-15H2,1-3H3. The van der Waals surface area contributed by atoms with Crippen LogP contribution in [0.4, 0.5) is 0 Å². The number of phenols is 1. The molecule has 1 N–H and O–H groups in total. The summed E-state index contributed by atoms with van der Waals surface area (Å²) in [5, 5.41) is 10.2. The van der Waals surface area contributed by atoms with Crippen molar-refractivity contribution in [2.45, 2.75) is 52.4 Å². The number of phenolic OH excluding ortho intramolecular Hbond substituents is 1. The average molecular weight is 359 g/mol. The van der Waals surface area contributed by atoms with Gasteiger partial charge in [-0.05, 0) is 74.2 Å². The molecule has 1 aromatic carbocycles. The van der Waals surface area contributed by atoms with Crippen LogP contribution in [-0.4, -0.2) is 53.5 Å². The molecule has 4 heteroatoms. The molecule has 0 aliphatic carbocycles. The molecule has 1 atom stereocenters. The van der Waals surface area contributed by atoms with Gasteiger partial charge in [0, 0.05) is 19.6 Å². The van der Waals surface area contributed by atoms with Crippen LogP contribution >= 0.6 is 0 Å². The van der Waals surface area contributed by atoms with E-state index >= 15 is 0 Å². The number of likely N-dealkylation sites (tertiary alicyclic amines) is 2. The Kier molecular flexibility index (Phi) is 6.23. The molecule has 2 aliphatic heterocycles. The maximum atomic E-state index is 13.0. The van der Waals surface area contributed by atoms with Crippen molar-refractivity contribution in [1.29, 1.82) is 0 Å². The summed E-state index contributed by atoms with van der Waals surface area (Å²) in [5.74, 6) is 1.84. The lowest BCUT2D eigenvalue weighted by Gasteiger charge is -2.38. The van der Waals surface area contributed by atoms with E-state index in [1.165, 1.54) is 32.4 Å². The highest BCUT2D eigenvalue weighted by molar-refractivity contribution is 5.97. The molecule has 0 saturated carbocycles. The molecule has 2 aliphatic rings. The first kappa shape index (κ1) is 19.2. The van der Waals surface area contributed by atoms with Gasteiger partial charge in [0.05, 0.1) is 5.56 Å². The van der Waals surface area contributed by atoms with Crippen LogP contribution in [0, 0.1) is 11.8 Å². The molecule has 4 nitrogen and oxygen atoms in total. The zero-order valence-corrected chi connectivity index (χ0v) is 16.6. The van der Waals surface area contributed by atoms with Crippen LogP contribution < -0.4 is 0 Å². The van der Waals surface area contributed by atoms with Crippen LogP contribution in [0.15, 0.2) is 18.2 Å². The maximum Gasteiger partial charge on any atom is 0.257 e. The van der Waals surface area contributed by atoms with Crippen molar-refractivity contribution in [3.8, 4) is 5.75 Å². The number of nitrogens with zero attached hydrogens (tertiary/aromatic N) is 2. The molecule has 2 heterocycles. The molecule has 26 heavy (non-hydrogen) atoms. The lowest BCUT2D eigenvalue weighted by molar-refractivity contribution is 0.0619. The molecule has 2 fully saturated rings. The van der Waals surface area contributed by atoms with Gasteiger partial charge in [0.2, 0.25) is 0 Å². The summed E-state index contributed by atoms with van der Waals surface area (Å²) in [6.45, 7) is 11.7. The SMILES string of the molecule is CC1CCN(CC2CCCN(C(=O)c3cc(C(C)C)ccc3O)C2)CC1. The van der Waals surface area contributed by atoms with Gasteiger partial charge < -0.3 is 14.9 Å². The minimum absolute atomic E-state index is 0.0121. The molecular weight excluding hydrogens is 324 g/mol. The van der Waals surface area contributed by atoms with Crippen LogP contribution in [0.25, 0.3) is 0 Å². The van der Waals surface area contributed by atoms with E-state index in [1.807, 2.05) is 17.0 Å². The van der Waals surface area contributed by atoms with Crippen LogP contribution in [0.1, 0.15) is 68.3 Å². The molecule has 1 aromatic rings. The number of aromatic hydroxyl groups is 1. The van der Waals surface area contributed by atoms with Gasteiger partial charge in [-0.2, -0.15) is 0 Å². The first-order chi connectivity index (χ1) is 12.4. The molecule has 0 spiro atoms. The van der Waals surface area contributed by atoms with Crippen LogP contribution in [-0.2, 0) is 0 Å². The molecular formula is C22H34N2O2. The molecule has 1 unspecified atom stereocenters. The number of rotatable bonds is 4. The summed E-state index contributed by atoms with van der Waals surface area (Å²) < 4.78 is 0. The quantitative estimate of drug-likeness (QED) is 0.881. The van der Waals surface area contributed by atoms with Crippen molar-refractivity contribution in [3.05, 3.63) is 29.3 Å². The fraction of sp³-hybridized carbons (Fsp3) is 0.682. The lowest BCUT2D eigenvalue weighted by Crippen LogP contribution is -2.45. The van der Waals surface area contributed by atoms with Gasteiger partial charge in [-0.3, -0.25) is 4.79 Å². The van der Waals surface area contributed by atoms with E-state index in [2.05, 4.69) is 25.7 Å². The molecule has 2 saturated heterocycles. The zero-order valence-electron chi connectivity index (χ0n) is 16.6. The number of amides is 1. The summed E-state index contributed by atoms with van der Waals surface area (Å²) in [6, 6.07) is 5.45. The van der Waals surface area contributed by atoms with Crippen molar-refractivity contribution in [1.82, 2.24) is 9.80 Å². The van der Waals surface area contributed by atoms with Gasteiger partial charge in [-0.25, -0.2) is 0 Å². The van der Waals surface area contributed by atoms with E-state index in [4.69, 9.17) is 0 Å². The molecule has 1 amide bonds. The Bertz CT molecular complexity index is 621. The topological polar surface area (TPSA) is 43.8 Å². The second-order valence-corrected chi connectivity index (χ2v) is 8.67. The monoisotopic (exact) mass is 358 g/mol. The minimum Gasteiger partial charge on any atom is -0.507 e. The van der Waals surface area contributed by atoms with Crippen molar-refractivity contribution in [3.63, 3.8) is 0 Å². The first-order valence-electron chi connectivity index (χ1n) is 10.3. The van der Waals surface area contributed by atoms with Crippen LogP contribution in [0.5, 0.6) is 5.75 Å². The van der Waals surface area contributed by atoms with E-state index in [0.29, 0.717) is 17.4 Å². The van der Waals surface area contributed by atoms with Gasteiger partial charge in [0.15, 0.2) is 0 Å². The van der Waals surface area contributed by atoms with Gasteiger partial charge in [0.1, 0.15) is 5.75 Å². The third-order valence-corrected chi connectivity index (χ3v) is 6.12. The summed E-state index contributed by atoms with van der Waals surface area (Å²) >= 11 is 0. The highest BCUT2D eigenvalue weighted by atomic mass is 16.3. The fourth-order valence-corrected chi connectivity index (χ4v) is 4.26. The zero-order chi connectivity index (χ0) is 18.7. The fourth-order valence-electron chi connectivity index (χ4n) is 4.26. The van der Waals surface area contributed by atoms with Gasteiger partial charge in [0.25, 0.3) is 5.91 Å². The number of carbonyl (C=O) groups is 1. The Labute approximate surface area is 158 Å². The van der Waals surface area contributed by atoms with Crippen molar-refractivity contribution in [2.75, 3.05) is 32.7 Å². The highest BCUT2D eigenvalue weighted by Crippen LogP contribution is 2.27. The van der Waals surface area contributed by atoms with Gasteiger partial charge in [-0.15, -0.1) is 0 Å². The second kappa shape index (κ2) is 8.43. The third kappa shape index (κ3) is 4.59. The molecule has 0 bridgehead atoms. The maximum absolute atomic E-state index is 13.0. The largest absolute Gasteiger partial charge is 0.507 e.